The predicted molar refractivity (Wildman–Crippen MR) is 74.9 cm³/mol. The highest BCUT2D eigenvalue weighted by atomic mass is 35.5. The van der Waals surface area contributed by atoms with E-state index in [0.717, 1.165) is 12.1 Å². The minimum atomic E-state index is -4.47. The zero-order valence-corrected chi connectivity index (χ0v) is 11.8. The first kappa shape index (κ1) is 15.4. The summed E-state index contributed by atoms with van der Waals surface area (Å²) in [5.74, 6) is 0.268. The van der Waals surface area contributed by atoms with Gasteiger partial charge in [-0.2, -0.15) is 18.2 Å². The molecule has 0 saturated carbocycles. The maximum absolute atomic E-state index is 12.9. The van der Waals surface area contributed by atoms with Gasteiger partial charge in [-0.1, -0.05) is 17.7 Å². The summed E-state index contributed by atoms with van der Waals surface area (Å²) in [5.41, 5.74) is -0.828. The van der Waals surface area contributed by atoms with Gasteiger partial charge in [-0.15, -0.1) is 0 Å². The van der Waals surface area contributed by atoms with Crippen molar-refractivity contribution in [3.63, 3.8) is 0 Å². The Morgan fingerprint density at radius 2 is 2.00 bits per heavy atom. The van der Waals surface area contributed by atoms with Gasteiger partial charge in [0.2, 0.25) is 5.88 Å². The largest absolute Gasteiger partial charge is 0.439 e. The molecule has 1 aromatic heterocycles. The fraction of sp³-hybridized carbons (Fsp3) is 0.214. The SMILES string of the molecule is CCNc1cc(C(F)(F)F)cc(Oc2cccc(Cl)c2)n1. The van der Waals surface area contributed by atoms with Crippen LogP contribution in [0.4, 0.5) is 19.0 Å². The molecule has 0 atom stereocenters. The van der Waals surface area contributed by atoms with Crippen LogP contribution in [0, 0.1) is 0 Å². The zero-order valence-electron chi connectivity index (χ0n) is 11.0. The van der Waals surface area contributed by atoms with Crippen LogP contribution in [0.15, 0.2) is 36.4 Å². The second kappa shape index (κ2) is 6.22. The minimum Gasteiger partial charge on any atom is -0.439 e. The van der Waals surface area contributed by atoms with E-state index in [4.69, 9.17) is 16.3 Å². The average molecular weight is 317 g/mol. The Labute approximate surface area is 124 Å². The normalized spacial score (nSPS) is 11.3. The third-order valence-electron chi connectivity index (χ3n) is 2.51. The molecule has 2 rings (SSSR count). The molecule has 0 bridgehead atoms. The Morgan fingerprint density at radius 3 is 2.62 bits per heavy atom. The van der Waals surface area contributed by atoms with Gasteiger partial charge < -0.3 is 10.1 Å². The molecule has 2 aromatic rings. The summed E-state index contributed by atoms with van der Waals surface area (Å²) < 4.78 is 43.9. The number of nitrogens with one attached hydrogen (secondary N) is 1. The molecular weight excluding hydrogens is 305 g/mol. The van der Waals surface area contributed by atoms with E-state index in [1.165, 1.54) is 6.07 Å². The summed E-state index contributed by atoms with van der Waals surface area (Å²) in [6, 6.07) is 8.14. The lowest BCUT2D eigenvalue weighted by atomic mass is 10.2. The molecule has 1 N–H and O–H groups in total. The molecule has 0 saturated heterocycles. The Hall–Kier alpha value is -1.95. The number of halogens is 4. The topological polar surface area (TPSA) is 34.1 Å². The second-order valence-electron chi connectivity index (χ2n) is 4.17. The molecule has 1 aromatic carbocycles. The van der Waals surface area contributed by atoms with Gasteiger partial charge in [-0.3, -0.25) is 0 Å². The fourth-order valence-corrected chi connectivity index (χ4v) is 1.82. The molecule has 7 heteroatoms. The lowest BCUT2D eigenvalue weighted by Crippen LogP contribution is -2.08. The number of hydrogen-bond donors (Lipinski definition) is 1. The van der Waals surface area contributed by atoms with Crippen LogP contribution in [-0.4, -0.2) is 11.5 Å². The van der Waals surface area contributed by atoms with Gasteiger partial charge in [-0.25, -0.2) is 0 Å². The number of alkyl halides is 3. The number of anilines is 1. The van der Waals surface area contributed by atoms with Gasteiger partial charge >= 0.3 is 6.18 Å². The summed E-state index contributed by atoms with van der Waals surface area (Å²) in [5, 5.41) is 3.16. The van der Waals surface area contributed by atoms with Crippen LogP contribution in [0.25, 0.3) is 0 Å². The highest BCUT2D eigenvalue weighted by Crippen LogP contribution is 2.34. The van der Waals surface area contributed by atoms with Crippen molar-refractivity contribution in [3.05, 3.63) is 47.0 Å². The molecule has 0 radical (unpaired) electrons. The monoisotopic (exact) mass is 316 g/mol. The van der Waals surface area contributed by atoms with Crippen LogP contribution in [0.5, 0.6) is 11.6 Å². The number of nitrogens with zero attached hydrogens (tertiary/aromatic N) is 1. The predicted octanol–water partition coefficient (Wildman–Crippen LogP) is 4.98. The number of rotatable bonds is 4. The third-order valence-corrected chi connectivity index (χ3v) is 2.74. The molecule has 0 aliphatic heterocycles. The number of benzene rings is 1. The van der Waals surface area contributed by atoms with E-state index in [0.29, 0.717) is 17.3 Å². The Balaban J connectivity index is 2.35. The summed E-state index contributed by atoms with van der Waals surface area (Å²) in [6.07, 6.45) is -4.47. The molecule has 0 spiro atoms. The Kier molecular flexibility index (Phi) is 4.57. The maximum Gasteiger partial charge on any atom is 0.416 e. The molecule has 1 heterocycles. The standard InChI is InChI=1S/C14H12ClF3N2O/c1-2-19-12-6-9(14(16,17)18)7-13(20-12)21-11-5-3-4-10(15)8-11/h3-8H,2H2,1H3,(H,19,20). The van der Waals surface area contributed by atoms with Gasteiger partial charge in [-0.05, 0) is 31.2 Å². The molecule has 0 aliphatic rings. The molecular formula is C14H12ClF3N2O. The van der Waals surface area contributed by atoms with Crippen molar-refractivity contribution in [2.24, 2.45) is 0 Å². The Morgan fingerprint density at radius 1 is 1.24 bits per heavy atom. The van der Waals surface area contributed by atoms with Crippen LogP contribution in [-0.2, 0) is 6.18 Å². The van der Waals surface area contributed by atoms with Crippen molar-refractivity contribution in [1.82, 2.24) is 4.98 Å². The molecule has 0 fully saturated rings. The van der Waals surface area contributed by atoms with Gasteiger partial charge in [0.25, 0.3) is 0 Å². The zero-order chi connectivity index (χ0) is 15.5. The highest BCUT2D eigenvalue weighted by molar-refractivity contribution is 6.30. The Bertz CT molecular complexity index is 632. The lowest BCUT2D eigenvalue weighted by Gasteiger charge is -2.12. The molecule has 3 nitrogen and oxygen atoms in total. The van der Waals surface area contributed by atoms with E-state index >= 15 is 0 Å². The van der Waals surface area contributed by atoms with Crippen LogP contribution in [0.2, 0.25) is 5.02 Å². The van der Waals surface area contributed by atoms with E-state index in [1.807, 2.05) is 0 Å². The van der Waals surface area contributed by atoms with E-state index in [-0.39, 0.29) is 11.7 Å². The van der Waals surface area contributed by atoms with Crippen molar-refractivity contribution in [2.45, 2.75) is 13.1 Å². The van der Waals surface area contributed by atoms with Crippen molar-refractivity contribution in [2.75, 3.05) is 11.9 Å². The van der Waals surface area contributed by atoms with Gasteiger partial charge in [0.15, 0.2) is 0 Å². The quantitative estimate of drug-likeness (QED) is 0.864. The fourth-order valence-electron chi connectivity index (χ4n) is 1.64. The summed E-state index contributed by atoms with van der Waals surface area (Å²) in [4.78, 5) is 3.99. The van der Waals surface area contributed by atoms with E-state index in [1.54, 1.807) is 25.1 Å². The van der Waals surface area contributed by atoms with Crippen LogP contribution in [0.3, 0.4) is 0 Å². The first-order valence-corrected chi connectivity index (χ1v) is 6.53. The van der Waals surface area contributed by atoms with Crippen LogP contribution < -0.4 is 10.1 Å². The van der Waals surface area contributed by atoms with E-state index in [2.05, 4.69) is 10.3 Å². The van der Waals surface area contributed by atoms with E-state index in [9.17, 15) is 13.2 Å². The van der Waals surface area contributed by atoms with E-state index < -0.39 is 11.7 Å². The molecule has 112 valence electrons. The maximum atomic E-state index is 12.9. The number of aromatic nitrogens is 1. The summed E-state index contributed by atoms with van der Waals surface area (Å²) in [6.45, 7) is 2.21. The molecule has 0 unspecified atom stereocenters. The smallest absolute Gasteiger partial charge is 0.416 e. The number of ether oxygens (including phenoxy) is 1. The van der Waals surface area contributed by atoms with Crippen molar-refractivity contribution in [1.29, 1.82) is 0 Å². The minimum absolute atomic E-state index is 0.101. The lowest BCUT2D eigenvalue weighted by molar-refractivity contribution is -0.137. The second-order valence-corrected chi connectivity index (χ2v) is 4.60. The molecule has 0 aliphatic carbocycles. The van der Waals surface area contributed by atoms with Gasteiger partial charge in [0.05, 0.1) is 5.56 Å². The van der Waals surface area contributed by atoms with Crippen molar-refractivity contribution in [3.8, 4) is 11.6 Å². The van der Waals surface area contributed by atoms with Crippen molar-refractivity contribution < 1.29 is 17.9 Å². The number of hydrogen-bond acceptors (Lipinski definition) is 3. The first-order valence-electron chi connectivity index (χ1n) is 6.15. The summed E-state index contributed by atoms with van der Waals surface area (Å²) >= 11 is 5.80. The molecule has 0 amide bonds. The molecule has 21 heavy (non-hydrogen) atoms. The van der Waals surface area contributed by atoms with Crippen LogP contribution in [0.1, 0.15) is 12.5 Å². The third kappa shape index (κ3) is 4.26. The first-order chi connectivity index (χ1) is 9.88. The van der Waals surface area contributed by atoms with Crippen LogP contribution >= 0.6 is 11.6 Å². The van der Waals surface area contributed by atoms with Gasteiger partial charge in [0.1, 0.15) is 11.6 Å². The highest BCUT2D eigenvalue weighted by Gasteiger charge is 2.32. The number of pyridine rings is 1. The summed E-state index contributed by atoms with van der Waals surface area (Å²) in [7, 11) is 0. The average Bonchev–Trinajstić information content (AvgIpc) is 2.37. The van der Waals surface area contributed by atoms with Gasteiger partial charge in [0, 0.05) is 17.6 Å². The van der Waals surface area contributed by atoms with Crippen molar-refractivity contribution >= 4 is 17.4 Å².